The number of amides is 3. The fraction of sp³-hybridized carbons (Fsp3) is 0.800. The molecule has 3 amide bonds. The van der Waals surface area contributed by atoms with Gasteiger partial charge in [-0.15, -0.1) is 0 Å². The normalized spacial score (nSPS) is 16.9. The van der Waals surface area contributed by atoms with Gasteiger partial charge in [0.1, 0.15) is 6.04 Å². The number of aliphatic carboxylic acids is 1. The van der Waals surface area contributed by atoms with Gasteiger partial charge in [0.25, 0.3) is 0 Å². The van der Waals surface area contributed by atoms with Gasteiger partial charge in [0.2, 0.25) is 5.91 Å². The van der Waals surface area contributed by atoms with Gasteiger partial charge < -0.3 is 21.1 Å². The van der Waals surface area contributed by atoms with Crippen molar-refractivity contribution in [1.82, 2.24) is 16.0 Å². The van der Waals surface area contributed by atoms with Crippen LogP contribution in [-0.2, 0) is 9.59 Å². The summed E-state index contributed by atoms with van der Waals surface area (Å²) >= 11 is 0. The highest BCUT2D eigenvalue weighted by Gasteiger charge is 2.21. The summed E-state index contributed by atoms with van der Waals surface area (Å²) < 4.78 is 0. The molecule has 1 fully saturated rings. The smallest absolute Gasteiger partial charge is 0.326 e. The molecule has 22 heavy (non-hydrogen) atoms. The number of rotatable bonds is 7. The fourth-order valence-corrected chi connectivity index (χ4v) is 2.58. The van der Waals surface area contributed by atoms with Gasteiger partial charge in [-0.3, -0.25) is 4.79 Å². The number of carbonyl (C=O) groups excluding carboxylic acids is 2. The van der Waals surface area contributed by atoms with Crippen LogP contribution in [0.1, 0.15) is 52.4 Å². The van der Waals surface area contributed by atoms with Gasteiger partial charge >= 0.3 is 12.0 Å². The summed E-state index contributed by atoms with van der Waals surface area (Å²) in [6.07, 6.45) is 5.72. The monoisotopic (exact) mass is 313 g/mol. The van der Waals surface area contributed by atoms with E-state index in [1.165, 1.54) is 6.42 Å². The Labute approximate surface area is 131 Å². The first-order chi connectivity index (χ1) is 10.4. The zero-order valence-electron chi connectivity index (χ0n) is 13.4. The zero-order valence-corrected chi connectivity index (χ0v) is 13.4. The molecule has 1 aliphatic carbocycles. The summed E-state index contributed by atoms with van der Waals surface area (Å²) in [7, 11) is 0. The van der Waals surface area contributed by atoms with Crippen LogP contribution >= 0.6 is 0 Å². The number of carboxylic acids is 1. The van der Waals surface area contributed by atoms with E-state index in [1.54, 1.807) is 0 Å². The first-order valence-electron chi connectivity index (χ1n) is 7.95. The first kappa shape index (κ1) is 18.3. The van der Waals surface area contributed by atoms with E-state index in [-0.39, 0.29) is 24.5 Å². The van der Waals surface area contributed by atoms with Crippen LogP contribution in [0.5, 0.6) is 0 Å². The Balaban J connectivity index is 2.28. The molecular formula is C15H27N3O4. The highest BCUT2D eigenvalue weighted by Crippen LogP contribution is 2.17. The van der Waals surface area contributed by atoms with Crippen LogP contribution in [0, 0.1) is 5.92 Å². The van der Waals surface area contributed by atoms with Crippen LogP contribution in [0.3, 0.4) is 0 Å². The molecule has 7 nitrogen and oxygen atoms in total. The average Bonchev–Trinajstić information content (AvgIpc) is 2.45. The molecule has 0 aromatic heterocycles. The van der Waals surface area contributed by atoms with E-state index in [0.29, 0.717) is 6.42 Å². The lowest BCUT2D eigenvalue weighted by molar-refractivity contribution is -0.142. The number of carbonyl (C=O) groups is 3. The van der Waals surface area contributed by atoms with E-state index in [9.17, 15) is 14.4 Å². The molecule has 0 aromatic rings. The quantitative estimate of drug-likeness (QED) is 0.567. The highest BCUT2D eigenvalue weighted by molar-refractivity contribution is 5.87. The first-order valence-corrected chi connectivity index (χ1v) is 7.95. The topological polar surface area (TPSA) is 108 Å². The SMILES string of the molecule is CC(C)C[C@@H](NC(=O)CNC(=O)NC1CCCCC1)C(=O)O. The molecule has 1 aliphatic rings. The van der Waals surface area contributed by atoms with Crippen LogP contribution in [0.15, 0.2) is 0 Å². The summed E-state index contributed by atoms with van der Waals surface area (Å²) in [5.41, 5.74) is 0. The molecule has 0 heterocycles. The van der Waals surface area contributed by atoms with E-state index in [4.69, 9.17) is 5.11 Å². The van der Waals surface area contributed by atoms with Crippen LogP contribution in [-0.4, -0.2) is 41.6 Å². The maximum atomic E-state index is 11.7. The molecule has 0 aliphatic heterocycles. The molecule has 0 saturated heterocycles. The molecule has 1 rings (SSSR count). The Morgan fingerprint density at radius 3 is 2.32 bits per heavy atom. The highest BCUT2D eigenvalue weighted by atomic mass is 16.4. The van der Waals surface area contributed by atoms with E-state index in [0.717, 1.165) is 25.7 Å². The number of urea groups is 1. The Kier molecular flexibility index (Phi) is 7.70. The Bertz CT molecular complexity index is 392. The van der Waals surface area contributed by atoms with Gasteiger partial charge in [0, 0.05) is 6.04 Å². The molecule has 4 N–H and O–H groups in total. The predicted molar refractivity (Wildman–Crippen MR) is 82.4 cm³/mol. The van der Waals surface area contributed by atoms with Crippen LogP contribution in [0.25, 0.3) is 0 Å². The molecule has 0 bridgehead atoms. The van der Waals surface area contributed by atoms with Gasteiger partial charge in [-0.25, -0.2) is 9.59 Å². The Morgan fingerprint density at radius 1 is 1.14 bits per heavy atom. The standard InChI is InChI=1S/C15H27N3O4/c1-10(2)8-12(14(20)21)18-13(19)9-16-15(22)17-11-6-4-3-5-7-11/h10-12H,3-9H2,1-2H3,(H,18,19)(H,20,21)(H2,16,17,22)/t12-/m1/s1. The molecule has 1 atom stereocenters. The Morgan fingerprint density at radius 2 is 1.77 bits per heavy atom. The predicted octanol–water partition coefficient (Wildman–Crippen LogP) is 1.23. The van der Waals surface area contributed by atoms with E-state index >= 15 is 0 Å². The summed E-state index contributed by atoms with van der Waals surface area (Å²) in [4.78, 5) is 34.5. The molecule has 1 saturated carbocycles. The third-order valence-electron chi connectivity index (χ3n) is 3.69. The van der Waals surface area contributed by atoms with Crippen molar-refractivity contribution in [2.24, 2.45) is 5.92 Å². The van der Waals surface area contributed by atoms with Crippen molar-refractivity contribution >= 4 is 17.9 Å². The number of nitrogens with one attached hydrogen (secondary N) is 3. The van der Waals surface area contributed by atoms with Crippen LogP contribution in [0.2, 0.25) is 0 Å². The summed E-state index contributed by atoms with van der Waals surface area (Å²) in [5.74, 6) is -1.40. The fourth-order valence-electron chi connectivity index (χ4n) is 2.58. The van der Waals surface area contributed by atoms with Gasteiger partial charge in [0.05, 0.1) is 6.54 Å². The van der Waals surface area contributed by atoms with Gasteiger partial charge in [-0.2, -0.15) is 0 Å². The second kappa shape index (κ2) is 9.27. The van der Waals surface area contributed by atoms with Crippen molar-refractivity contribution < 1.29 is 19.5 Å². The van der Waals surface area contributed by atoms with Crippen molar-refractivity contribution in [1.29, 1.82) is 0 Å². The summed E-state index contributed by atoms with van der Waals surface area (Å²) in [5, 5.41) is 16.8. The Hall–Kier alpha value is -1.79. The lowest BCUT2D eigenvalue weighted by Gasteiger charge is -2.23. The number of hydrogen-bond donors (Lipinski definition) is 4. The molecule has 126 valence electrons. The van der Waals surface area contributed by atoms with E-state index in [1.807, 2.05) is 13.8 Å². The lowest BCUT2D eigenvalue weighted by atomic mass is 9.96. The van der Waals surface area contributed by atoms with E-state index < -0.39 is 17.9 Å². The largest absolute Gasteiger partial charge is 0.480 e. The van der Waals surface area contributed by atoms with Crippen molar-refractivity contribution in [3.63, 3.8) is 0 Å². The average molecular weight is 313 g/mol. The van der Waals surface area contributed by atoms with Gasteiger partial charge in [0.15, 0.2) is 0 Å². The maximum absolute atomic E-state index is 11.7. The molecule has 7 heteroatoms. The second-order valence-corrected chi connectivity index (χ2v) is 6.25. The molecule has 0 unspecified atom stereocenters. The molecule has 0 spiro atoms. The van der Waals surface area contributed by atoms with Gasteiger partial charge in [-0.1, -0.05) is 33.1 Å². The van der Waals surface area contributed by atoms with Gasteiger partial charge in [-0.05, 0) is 25.2 Å². The van der Waals surface area contributed by atoms with E-state index in [2.05, 4.69) is 16.0 Å². The summed E-state index contributed by atoms with van der Waals surface area (Å²) in [6, 6.07) is -1.13. The second-order valence-electron chi connectivity index (χ2n) is 6.25. The van der Waals surface area contributed by atoms with Crippen molar-refractivity contribution in [2.45, 2.75) is 64.5 Å². The zero-order chi connectivity index (χ0) is 16.5. The summed E-state index contributed by atoms with van der Waals surface area (Å²) in [6.45, 7) is 3.55. The number of hydrogen-bond acceptors (Lipinski definition) is 3. The third-order valence-corrected chi connectivity index (χ3v) is 3.69. The third kappa shape index (κ3) is 7.28. The number of carboxylic acid groups (broad SMARTS) is 1. The minimum absolute atomic E-state index is 0.156. The lowest BCUT2D eigenvalue weighted by Crippen LogP contribution is -2.49. The van der Waals surface area contributed by atoms with Crippen molar-refractivity contribution in [2.75, 3.05) is 6.54 Å². The van der Waals surface area contributed by atoms with Crippen LogP contribution in [0.4, 0.5) is 4.79 Å². The molecular weight excluding hydrogens is 286 g/mol. The minimum Gasteiger partial charge on any atom is -0.480 e. The minimum atomic E-state index is -1.06. The molecule has 0 radical (unpaired) electrons. The van der Waals surface area contributed by atoms with Crippen LogP contribution < -0.4 is 16.0 Å². The molecule has 0 aromatic carbocycles. The van der Waals surface area contributed by atoms with Crippen molar-refractivity contribution in [3.8, 4) is 0 Å². The van der Waals surface area contributed by atoms with Crippen molar-refractivity contribution in [3.05, 3.63) is 0 Å². The maximum Gasteiger partial charge on any atom is 0.326 e.